The zero-order valence-electron chi connectivity index (χ0n) is 19.7. The van der Waals surface area contributed by atoms with Crippen LogP contribution in [0.2, 0.25) is 0 Å². The lowest BCUT2D eigenvalue weighted by Gasteiger charge is -2.37. The third-order valence-electron chi connectivity index (χ3n) is 8.21. The number of carbonyl (C=O) groups is 1. The van der Waals surface area contributed by atoms with Crippen molar-refractivity contribution in [1.82, 2.24) is 14.6 Å². The number of nitrogens with two attached hydrogens (primary N) is 1. The molecule has 0 spiro atoms. The molecule has 3 aliphatic rings. The lowest BCUT2D eigenvalue weighted by Crippen LogP contribution is -2.41. The van der Waals surface area contributed by atoms with Gasteiger partial charge in [-0.1, -0.05) is 25.7 Å². The van der Waals surface area contributed by atoms with Gasteiger partial charge in [0.2, 0.25) is 0 Å². The molecule has 1 saturated heterocycles. The van der Waals surface area contributed by atoms with Gasteiger partial charge in [0.15, 0.2) is 5.65 Å². The molecule has 0 aromatic carbocycles. The molecule has 3 heterocycles. The number of nitrogens with zero attached hydrogens (tertiary/aromatic N) is 4. The third kappa shape index (κ3) is 4.43. The van der Waals surface area contributed by atoms with Crippen molar-refractivity contribution in [3.63, 3.8) is 0 Å². The monoisotopic (exact) mass is 477 g/mol. The molecular weight excluding hydrogens is 443 g/mol. The molecule has 34 heavy (non-hydrogen) atoms. The van der Waals surface area contributed by atoms with Crippen LogP contribution >= 0.6 is 0 Å². The first kappa shape index (κ1) is 23.6. The first-order valence-electron chi connectivity index (χ1n) is 12.7. The lowest BCUT2D eigenvalue weighted by molar-refractivity contribution is -0.199. The molecule has 2 aromatic heterocycles. The van der Waals surface area contributed by atoms with Gasteiger partial charge in [-0.2, -0.15) is 18.3 Å². The number of Topliss-reactive ketones (excluding diaryl/α,β-unsaturated/α-hetero) is 1. The van der Waals surface area contributed by atoms with E-state index in [1.165, 1.54) is 0 Å². The number of aryl methyl sites for hydroxylation is 1. The largest absolute Gasteiger partial charge is 0.392 e. The van der Waals surface area contributed by atoms with E-state index < -0.39 is 23.9 Å². The van der Waals surface area contributed by atoms with E-state index in [-0.39, 0.29) is 24.2 Å². The summed E-state index contributed by atoms with van der Waals surface area (Å²) in [6, 6.07) is 2.07. The molecule has 2 aliphatic carbocycles. The van der Waals surface area contributed by atoms with Gasteiger partial charge < -0.3 is 10.6 Å². The number of carbonyl (C=O) groups excluding carboxylic acids is 1. The van der Waals surface area contributed by atoms with Gasteiger partial charge in [0.1, 0.15) is 11.6 Å². The lowest BCUT2D eigenvalue weighted by atomic mass is 9.67. The molecule has 2 aromatic rings. The van der Waals surface area contributed by atoms with Gasteiger partial charge in [0.25, 0.3) is 0 Å². The third-order valence-corrected chi connectivity index (χ3v) is 8.21. The van der Waals surface area contributed by atoms with Gasteiger partial charge in [0.05, 0.1) is 11.6 Å². The van der Waals surface area contributed by atoms with Crippen molar-refractivity contribution in [3.8, 4) is 0 Å². The summed E-state index contributed by atoms with van der Waals surface area (Å²) in [5.74, 6) is -2.26. The molecule has 3 unspecified atom stereocenters. The molecule has 1 aliphatic heterocycles. The number of fused-ring (bicyclic) bond motifs is 1. The van der Waals surface area contributed by atoms with Gasteiger partial charge in [-0.05, 0) is 39.0 Å². The average molecular weight is 478 g/mol. The Morgan fingerprint density at radius 3 is 2.47 bits per heavy atom. The summed E-state index contributed by atoms with van der Waals surface area (Å²) < 4.78 is 42.9. The van der Waals surface area contributed by atoms with Crippen LogP contribution in [-0.4, -0.2) is 45.7 Å². The minimum absolute atomic E-state index is 0.0673. The van der Waals surface area contributed by atoms with E-state index in [1.807, 2.05) is 19.2 Å². The second kappa shape index (κ2) is 9.13. The van der Waals surface area contributed by atoms with E-state index in [4.69, 9.17) is 15.8 Å². The summed E-state index contributed by atoms with van der Waals surface area (Å²) in [4.78, 5) is 20.6. The highest BCUT2D eigenvalue weighted by Gasteiger charge is 2.50. The zero-order valence-corrected chi connectivity index (χ0v) is 19.7. The van der Waals surface area contributed by atoms with Crippen LogP contribution in [0, 0.1) is 24.7 Å². The molecule has 186 valence electrons. The number of ketones is 1. The van der Waals surface area contributed by atoms with Crippen molar-refractivity contribution in [1.29, 1.82) is 0 Å². The first-order valence-corrected chi connectivity index (χ1v) is 12.7. The summed E-state index contributed by atoms with van der Waals surface area (Å²) in [6.45, 7) is 3.64. The summed E-state index contributed by atoms with van der Waals surface area (Å²) in [5, 5.41) is 4.76. The fourth-order valence-corrected chi connectivity index (χ4v) is 6.46. The van der Waals surface area contributed by atoms with Crippen LogP contribution < -0.4 is 10.6 Å². The zero-order chi connectivity index (χ0) is 24.0. The second-order valence-electron chi connectivity index (χ2n) is 10.6. The average Bonchev–Trinajstić information content (AvgIpc) is 3.43. The van der Waals surface area contributed by atoms with Crippen molar-refractivity contribution in [2.45, 2.75) is 82.8 Å². The molecule has 2 N–H and O–H groups in total. The smallest absolute Gasteiger partial charge is 0.355 e. The highest BCUT2D eigenvalue weighted by Crippen LogP contribution is 2.46. The molecule has 2 saturated carbocycles. The number of aromatic nitrogens is 3. The van der Waals surface area contributed by atoms with Crippen LogP contribution in [0.15, 0.2) is 12.3 Å². The van der Waals surface area contributed by atoms with Crippen molar-refractivity contribution in [3.05, 3.63) is 23.5 Å². The normalized spacial score (nSPS) is 30.7. The fourth-order valence-electron chi connectivity index (χ4n) is 6.46. The number of hydrogen-bond donors (Lipinski definition) is 1. The predicted molar refractivity (Wildman–Crippen MR) is 124 cm³/mol. The van der Waals surface area contributed by atoms with E-state index in [0.29, 0.717) is 31.3 Å². The Kier molecular flexibility index (Phi) is 6.33. The molecule has 0 radical (unpaired) electrons. The molecule has 0 bridgehead atoms. The van der Waals surface area contributed by atoms with Crippen LogP contribution in [-0.2, 0) is 4.79 Å². The highest BCUT2D eigenvalue weighted by atomic mass is 19.4. The highest BCUT2D eigenvalue weighted by molar-refractivity contribution is 5.85. The summed E-state index contributed by atoms with van der Waals surface area (Å²) >= 11 is 0. The molecule has 5 rings (SSSR count). The Balaban J connectivity index is 1.43. The Morgan fingerprint density at radius 2 is 1.76 bits per heavy atom. The number of rotatable bonds is 4. The van der Waals surface area contributed by atoms with Gasteiger partial charge >= 0.3 is 6.18 Å². The molecular formula is C25H34F3N5O. The standard InChI is InChI=1S/C25H34F3N5O/c1-15-13-33-22(30-24(15)32-11-10-16(29)14-32)12-21(31-33)17-6-2-3-7-18(17)23(34)19-8-4-5-9-20(19)25(26,27)28/h12-13,16-20H,2-11,14,29H2,1H3/t16-,17+,18?,19?,20?/m0/s1. The maximum absolute atomic E-state index is 13.7. The second-order valence-corrected chi connectivity index (χ2v) is 10.6. The molecule has 5 atom stereocenters. The Bertz CT molecular complexity index is 1050. The van der Waals surface area contributed by atoms with Gasteiger partial charge in [-0.25, -0.2) is 9.50 Å². The molecule has 9 heteroatoms. The van der Waals surface area contributed by atoms with Crippen LogP contribution in [0.5, 0.6) is 0 Å². The number of halogens is 3. The van der Waals surface area contributed by atoms with Crippen molar-refractivity contribution < 1.29 is 18.0 Å². The SMILES string of the molecule is Cc1cn2nc([C@@H]3CCCCC3C(=O)C3CCCCC3C(F)(F)F)cc2nc1N1CC[C@H](N)C1. The van der Waals surface area contributed by atoms with E-state index >= 15 is 0 Å². The van der Waals surface area contributed by atoms with Gasteiger partial charge in [-0.15, -0.1) is 0 Å². The van der Waals surface area contributed by atoms with Crippen molar-refractivity contribution in [2.24, 2.45) is 23.5 Å². The summed E-state index contributed by atoms with van der Waals surface area (Å²) in [6.07, 6.45) is 3.47. The first-order chi connectivity index (χ1) is 16.2. The summed E-state index contributed by atoms with van der Waals surface area (Å²) in [7, 11) is 0. The van der Waals surface area contributed by atoms with Crippen LogP contribution in [0.4, 0.5) is 19.0 Å². The topological polar surface area (TPSA) is 76.5 Å². The van der Waals surface area contributed by atoms with Crippen LogP contribution in [0.25, 0.3) is 5.65 Å². The minimum Gasteiger partial charge on any atom is -0.355 e. The summed E-state index contributed by atoms with van der Waals surface area (Å²) in [5.41, 5.74) is 8.57. The van der Waals surface area contributed by atoms with Crippen molar-refractivity contribution >= 4 is 17.2 Å². The van der Waals surface area contributed by atoms with E-state index in [9.17, 15) is 18.0 Å². The quantitative estimate of drug-likeness (QED) is 0.686. The number of anilines is 1. The van der Waals surface area contributed by atoms with Crippen molar-refractivity contribution in [2.75, 3.05) is 18.0 Å². The molecule has 0 amide bonds. The Labute approximate surface area is 198 Å². The van der Waals surface area contributed by atoms with E-state index in [0.717, 1.165) is 55.8 Å². The van der Waals surface area contributed by atoms with Gasteiger partial charge in [-0.3, -0.25) is 4.79 Å². The van der Waals surface area contributed by atoms with Gasteiger partial charge in [0, 0.05) is 54.7 Å². The van der Waals surface area contributed by atoms with Crippen LogP contribution in [0.3, 0.4) is 0 Å². The number of alkyl halides is 3. The van der Waals surface area contributed by atoms with Crippen LogP contribution in [0.1, 0.15) is 75.0 Å². The fraction of sp³-hybridized carbons (Fsp3) is 0.720. The van der Waals surface area contributed by atoms with E-state index in [1.54, 1.807) is 4.52 Å². The Morgan fingerprint density at radius 1 is 1.06 bits per heavy atom. The maximum atomic E-state index is 13.7. The molecule has 6 nitrogen and oxygen atoms in total. The Hall–Kier alpha value is -2.16. The molecule has 3 fully saturated rings. The minimum atomic E-state index is -4.32. The number of hydrogen-bond acceptors (Lipinski definition) is 5. The van der Waals surface area contributed by atoms with E-state index in [2.05, 4.69) is 4.90 Å². The maximum Gasteiger partial charge on any atom is 0.392 e. The predicted octanol–water partition coefficient (Wildman–Crippen LogP) is 4.79.